The molecule has 0 heterocycles. The van der Waals surface area contributed by atoms with Crippen molar-refractivity contribution < 1.29 is 24.0 Å². The van der Waals surface area contributed by atoms with Crippen LogP contribution < -0.4 is 10.6 Å². The summed E-state index contributed by atoms with van der Waals surface area (Å²) in [4.78, 5) is 27.7. The third-order valence-corrected chi connectivity index (χ3v) is 11.2. The Morgan fingerprint density at radius 3 is 2.09 bits per heavy atom. The zero-order valence-corrected chi connectivity index (χ0v) is 28.4. The van der Waals surface area contributed by atoms with Gasteiger partial charge < -0.3 is 20.8 Å². The highest BCUT2D eigenvalue weighted by Crippen LogP contribution is 2.34. The molecule has 2 amide bonds. The van der Waals surface area contributed by atoms with E-state index in [0.29, 0.717) is 42.5 Å². The van der Waals surface area contributed by atoms with Crippen LogP contribution in [-0.4, -0.2) is 61.0 Å². The third-order valence-electron chi connectivity index (χ3n) is 8.86. The number of carbonyl (C=O) groups excluding carboxylic acids is 2. The number of benzene rings is 1. The molecule has 2 aliphatic rings. The van der Waals surface area contributed by atoms with E-state index in [1.165, 1.54) is 6.42 Å². The number of aliphatic hydroxyl groups is 2. The lowest BCUT2D eigenvalue weighted by molar-refractivity contribution is -0.132. The quantitative estimate of drug-likeness (QED) is 0.189. The molecule has 3 rings (SSSR count). The summed E-state index contributed by atoms with van der Waals surface area (Å²) in [7, 11) is -1.27. The molecule has 9 heteroatoms. The monoisotopic (exact) mass is 638 g/mol. The molecule has 2 fully saturated rings. The molecular formula is C34H55ClN2O5S. The van der Waals surface area contributed by atoms with Crippen LogP contribution in [0.25, 0.3) is 0 Å². The van der Waals surface area contributed by atoms with Crippen LogP contribution in [-0.2, 0) is 26.8 Å². The normalized spacial score (nSPS) is 20.6. The number of hydrogen-bond acceptors (Lipinski definition) is 5. The summed E-state index contributed by atoms with van der Waals surface area (Å²) in [6.07, 6.45) is 7.55. The zero-order valence-electron chi connectivity index (χ0n) is 26.8. The van der Waals surface area contributed by atoms with Crippen molar-refractivity contribution in [1.29, 1.82) is 0 Å². The first kappa shape index (κ1) is 36.0. The number of halogens is 1. The van der Waals surface area contributed by atoms with Crippen molar-refractivity contribution in [3.05, 3.63) is 34.9 Å². The Bertz CT molecular complexity index is 1050. The molecule has 0 spiro atoms. The first-order valence-corrected chi connectivity index (χ1v) is 18.0. The maximum absolute atomic E-state index is 13.8. The van der Waals surface area contributed by atoms with E-state index in [0.717, 1.165) is 44.1 Å². The van der Waals surface area contributed by atoms with E-state index < -0.39 is 45.8 Å². The molecule has 0 radical (unpaired) electrons. The molecule has 4 N–H and O–H groups in total. The lowest BCUT2D eigenvalue weighted by Crippen LogP contribution is -2.56. The largest absolute Gasteiger partial charge is 0.390 e. The Hall–Kier alpha value is -1.48. The van der Waals surface area contributed by atoms with Crippen molar-refractivity contribution in [1.82, 2.24) is 10.6 Å². The van der Waals surface area contributed by atoms with Gasteiger partial charge in [-0.25, -0.2) is 0 Å². The summed E-state index contributed by atoms with van der Waals surface area (Å²) in [5.74, 6) is -0.0759. The molecule has 6 atom stereocenters. The molecule has 0 bridgehead atoms. The summed E-state index contributed by atoms with van der Waals surface area (Å²) in [5.41, 5.74) is 0.911. The Morgan fingerprint density at radius 2 is 1.53 bits per heavy atom. The number of amides is 2. The van der Waals surface area contributed by atoms with E-state index in [1.807, 2.05) is 46.8 Å². The second-order valence-corrected chi connectivity index (χ2v) is 17.1. The number of aliphatic hydroxyl groups excluding tert-OH is 2. The minimum Gasteiger partial charge on any atom is -0.390 e. The number of nitrogens with one attached hydrogen (secondary N) is 2. The van der Waals surface area contributed by atoms with Gasteiger partial charge in [-0.1, -0.05) is 82.5 Å². The molecule has 0 aliphatic heterocycles. The van der Waals surface area contributed by atoms with Gasteiger partial charge in [0.1, 0.15) is 12.1 Å². The molecule has 43 heavy (non-hydrogen) atoms. The van der Waals surface area contributed by atoms with Gasteiger partial charge in [-0.2, -0.15) is 0 Å². The van der Waals surface area contributed by atoms with Crippen LogP contribution in [0.15, 0.2) is 24.3 Å². The highest BCUT2D eigenvalue weighted by molar-refractivity contribution is 7.86. The molecule has 1 aromatic rings. The number of carbonyl (C=O) groups is 2. The number of hydrogen-bond donors (Lipinski definition) is 4. The lowest BCUT2D eigenvalue weighted by Gasteiger charge is -2.34. The van der Waals surface area contributed by atoms with Crippen LogP contribution in [0.2, 0.25) is 5.02 Å². The topological polar surface area (TPSA) is 116 Å². The van der Waals surface area contributed by atoms with E-state index in [2.05, 4.69) is 10.6 Å². The van der Waals surface area contributed by atoms with Gasteiger partial charge >= 0.3 is 0 Å². The molecule has 0 aromatic heterocycles. The van der Waals surface area contributed by atoms with Gasteiger partial charge in [0.05, 0.1) is 18.1 Å². The Balaban J connectivity index is 1.78. The minimum absolute atomic E-state index is 0.181. The van der Waals surface area contributed by atoms with Gasteiger partial charge in [0, 0.05) is 26.3 Å². The van der Waals surface area contributed by atoms with Crippen molar-refractivity contribution in [3.63, 3.8) is 0 Å². The summed E-state index contributed by atoms with van der Waals surface area (Å²) in [6, 6.07) is 5.94. The summed E-state index contributed by atoms with van der Waals surface area (Å²) in [6.45, 7) is 9.69. The van der Waals surface area contributed by atoms with E-state index in [4.69, 9.17) is 11.6 Å². The van der Waals surface area contributed by atoms with Crippen molar-refractivity contribution in [2.45, 2.75) is 134 Å². The van der Waals surface area contributed by atoms with E-state index in [1.54, 1.807) is 12.1 Å². The maximum Gasteiger partial charge on any atom is 0.242 e. The van der Waals surface area contributed by atoms with Gasteiger partial charge in [-0.15, -0.1) is 0 Å². The predicted molar refractivity (Wildman–Crippen MR) is 175 cm³/mol. The van der Waals surface area contributed by atoms with Crippen LogP contribution in [0.4, 0.5) is 0 Å². The Kier molecular flexibility index (Phi) is 14.0. The van der Waals surface area contributed by atoms with Crippen molar-refractivity contribution in [3.8, 4) is 0 Å². The molecule has 7 nitrogen and oxygen atoms in total. The SMILES string of the molecule is CC(C)C[C@H](O)[C@H](O)[C@H](CC1CCCCC1)NC(=O)[C@H](CC1CC1)NC(=O)[C@H](Cc1ccc(Cl)cc1)CS(=O)C(C)(C)C. The molecule has 2 aliphatic carbocycles. The maximum atomic E-state index is 13.8. The molecule has 0 saturated heterocycles. The zero-order chi connectivity index (χ0) is 31.7. The minimum atomic E-state index is -1.27. The molecule has 1 aromatic carbocycles. The van der Waals surface area contributed by atoms with Gasteiger partial charge in [0.15, 0.2) is 0 Å². The average Bonchev–Trinajstić information content (AvgIpc) is 3.76. The standard InChI is InChI=1S/C34H55ClN2O5S/c1-22(2)17-30(38)31(39)28(19-23-9-7-6-8-10-23)36-33(41)29(20-25-11-12-25)37-32(40)26(21-43(42)34(3,4)5)18-24-13-15-27(35)16-14-24/h13-16,22-23,25-26,28-31,38-39H,6-12,17-21H2,1-5H3,(H,36,41)(H,37,40)/t26-,28+,29+,30+,31-,43?/m1/s1. The molecular weight excluding hydrogens is 584 g/mol. The first-order chi connectivity index (χ1) is 20.2. The van der Waals surface area contributed by atoms with Gasteiger partial charge in [0.2, 0.25) is 11.8 Å². The van der Waals surface area contributed by atoms with Crippen molar-refractivity contribution >= 4 is 34.2 Å². The second-order valence-electron chi connectivity index (χ2n) is 14.4. The van der Waals surface area contributed by atoms with Gasteiger partial charge in [0.25, 0.3) is 0 Å². The van der Waals surface area contributed by atoms with E-state index in [9.17, 15) is 24.0 Å². The van der Waals surface area contributed by atoms with Crippen molar-refractivity contribution in [2.75, 3.05) is 5.75 Å². The van der Waals surface area contributed by atoms with E-state index in [-0.39, 0.29) is 23.5 Å². The van der Waals surface area contributed by atoms with Gasteiger partial charge in [-0.3, -0.25) is 13.8 Å². The number of rotatable bonds is 16. The van der Waals surface area contributed by atoms with Crippen LogP contribution in [0.3, 0.4) is 0 Å². The summed E-state index contributed by atoms with van der Waals surface area (Å²) < 4.78 is 12.7. The van der Waals surface area contributed by atoms with Gasteiger partial charge in [-0.05, 0) is 81.9 Å². The van der Waals surface area contributed by atoms with Crippen LogP contribution in [0, 0.1) is 23.7 Å². The molecule has 244 valence electrons. The highest BCUT2D eigenvalue weighted by Gasteiger charge is 2.37. The van der Waals surface area contributed by atoms with Crippen LogP contribution >= 0.6 is 11.6 Å². The molecule has 2 saturated carbocycles. The molecule has 1 unspecified atom stereocenters. The predicted octanol–water partition coefficient (Wildman–Crippen LogP) is 5.55. The van der Waals surface area contributed by atoms with Crippen LogP contribution in [0.5, 0.6) is 0 Å². The smallest absolute Gasteiger partial charge is 0.242 e. The average molecular weight is 639 g/mol. The highest BCUT2D eigenvalue weighted by atomic mass is 35.5. The van der Waals surface area contributed by atoms with Crippen molar-refractivity contribution in [2.24, 2.45) is 23.7 Å². The summed E-state index contributed by atoms with van der Waals surface area (Å²) in [5, 5.41) is 28.7. The fraction of sp³-hybridized carbons (Fsp3) is 0.765. The summed E-state index contributed by atoms with van der Waals surface area (Å²) >= 11 is 6.08. The Morgan fingerprint density at radius 1 is 0.930 bits per heavy atom. The van der Waals surface area contributed by atoms with Crippen LogP contribution in [0.1, 0.15) is 104 Å². The third kappa shape index (κ3) is 12.4. The Labute approximate surface area is 266 Å². The fourth-order valence-corrected chi connectivity index (χ4v) is 7.27. The fourth-order valence-electron chi connectivity index (χ4n) is 6.01. The first-order valence-electron chi connectivity index (χ1n) is 16.3. The van der Waals surface area contributed by atoms with E-state index >= 15 is 0 Å². The second kappa shape index (κ2) is 16.7. The lowest BCUT2D eigenvalue weighted by atomic mass is 9.82.